The third kappa shape index (κ3) is 4.78. The highest BCUT2D eigenvalue weighted by molar-refractivity contribution is 5.92. The van der Waals surface area contributed by atoms with Gasteiger partial charge in [0.25, 0.3) is 5.91 Å². The molecule has 0 aliphatic rings. The lowest BCUT2D eigenvalue weighted by molar-refractivity contribution is -0.131. The van der Waals surface area contributed by atoms with Gasteiger partial charge in [0, 0.05) is 19.8 Å². The Morgan fingerprint density at radius 3 is 2.48 bits per heavy atom. The van der Waals surface area contributed by atoms with Crippen LogP contribution >= 0.6 is 0 Å². The maximum atomic E-state index is 13.0. The van der Waals surface area contributed by atoms with Gasteiger partial charge in [-0.3, -0.25) is 14.6 Å². The van der Waals surface area contributed by atoms with Gasteiger partial charge in [0.05, 0.1) is 17.6 Å². The molecule has 156 valence electrons. The molecule has 0 unspecified atom stereocenters. The lowest BCUT2D eigenvalue weighted by atomic mass is 10.2. The molecule has 0 aliphatic heterocycles. The van der Waals surface area contributed by atoms with Gasteiger partial charge in [-0.25, -0.2) is 4.98 Å². The number of amides is 2. The van der Waals surface area contributed by atoms with E-state index in [9.17, 15) is 9.59 Å². The molecule has 0 atom stereocenters. The molecule has 0 bridgehead atoms. The molecule has 31 heavy (non-hydrogen) atoms. The van der Waals surface area contributed by atoms with Gasteiger partial charge in [-0.05, 0) is 29.8 Å². The monoisotopic (exact) mass is 413 g/mol. The molecular weight excluding hydrogens is 390 g/mol. The van der Waals surface area contributed by atoms with Crippen LogP contribution < -0.4 is 5.32 Å². The van der Waals surface area contributed by atoms with Crippen molar-refractivity contribution in [3.63, 3.8) is 0 Å². The van der Waals surface area contributed by atoms with Crippen LogP contribution in [-0.2, 0) is 24.4 Å². The average Bonchev–Trinajstić information content (AvgIpc) is 3.16. The number of carbonyl (C=O) groups excluding carboxylic acids is 2. The van der Waals surface area contributed by atoms with Crippen molar-refractivity contribution in [1.29, 1.82) is 0 Å². The summed E-state index contributed by atoms with van der Waals surface area (Å²) in [6.45, 7) is 0.858. The van der Waals surface area contributed by atoms with Crippen molar-refractivity contribution in [2.75, 3.05) is 7.05 Å². The van der Waals surface area contributed by atoms with E-state index in [-0.39, 0.29) is 24.9 Å². The molecule has 0 saturated carbocycles. The summed E-state index contributed by atoms with van der Waals surface area (Å²) in [6.07, 6.45) is 1.57. The Bertz CT molecular complexity index is 1190. The Kier molecular flexibility index (Phi) is 6.03. The summed E-state index contributed by atoms with van der Waals surface area (Å²) in [6, 6.07) is 22.7. The molecular formula is C24H23N5O2. The first-order chi connectivity index (χ1) is 15.1. The summed E-state index contributed by atoms with van der Waals surface area (Å²) in [5.41, 5.74) is 3.04. The van der Waals surface area contributed by atoms with E-state index < -0.39 is 0 Å². The summed E-state index contributed by atoms with van der Waals surface area (Å²) < 4.78 is 1.86. The number of hydrogen-bond donors (Lipinski definition) is 1. The number of nitrogens with one attached hydrogen (secondary N) is 1. The fourth-order valence-corrected chi connectivity index (χ4v) is 3.39. The number of hydrogen-bond acceptors (Lipinski definition) is 4. The molecule has 2 amide bonds. The van der Waals surface area contributed by atoms with E-state index in [4.69, 9.17) is 0 Å². The van der Waals surface area contributed by atoms with Crippen molar-refractivity contribution in [2.45, 2.75) is 19.6 Å². The number of fused-ring (bicyclic) bond motifs is 1. The highest BCUT2D eigenvalue weighted by Crippen LogP contribution is 2.17. The number of nitrogens with zero attached hydrogens (tertiary/aromatic N) is 4. The van der Waals surface area contributed by atoms with Crippen molar-refractivity contribution in [3.05, 3.63) is 96.1 Å². The zero-order valence-corrected chi connectivity index (χ0v) is 17.2. The summed E-state index contributed by atoms with van der Waals surface area (Å²) >= 11 is 0. The second kappa shape index (κ2) is 9.21. The Hall–Kier alpha value is -4.00. The van der Waals surface area contributed by atoms with Gasteiger partial charge in [0.2, 0.25) is 5.91 Å². The van der Waals surface area contributed by atoms with Crippen LogP contribution in [0.5, 0.6) is 0 Å². The van der Waals surface area contributed by atoms with Gasteiger partial charge in [0.1, 0.15) is 18.1 Å². The minimum atomic E-state index is -0.285. The molecule has 0 saturated heterocycles. The van der Waals surface area contributed by atoms with Crippen LogP contribution in [0.2, 0.25) is 0 Å². The maximum absolute atomic E-state index is 13.0. The van der Waals surface area contributed by atoms with E-state index in [2.05, 4.69) is 15.3 Å². The lowest BCUT2D eigenvalue weighted by Crippen LogP contribution is -2.31. The molecule has 0 radical (unpaired) electrons. The largest absolute Gasteiger partial charge is 0.343 e. The van der Waals surface area contributed by atoms with Crippen molar-refractivity contribution in [3.8, 4) is 0 Å². The van der Waals surface area contributed by atoms with Crippen molar-refractivity contribution < 1.29 is 9.59 Å². The predicted octanol–water partition coefficient (Wildman–Crippen LogP) is 3.02. The number of pyridine rings is 1. The lowest BCUT2D eigenvalue weighted by Gasteiger charge is -2.19. The van der Waals surface area contributed by atoms with Crippen LogP contribution in [0.3, 0.4) is 0 Å². The number of benzene rings is 2. The van der Waals surface area contributed by atoms with E-state index >= 15 is 0 Å². The highest BCUT2D eigenvalue weighted by Gasteiger charge is 2.17. The number of rotatable bonds is 7. The van der Waals surface area contributed by atoms with E-state index in [0.29, 0.717) is 18.1 Å². The molecule has 2 heterocycles. The maximum Gasteiger partial charge on any atom is 0.270 e. The van der Waals surface area contributed by atoms with Crippen LogP contribution in [0.15, 0.2) is 79.0 Å². The third-order valence-corrected chi connectivity index (χ3v) is 5.02. The van der Waals surface area contributed by atoms with Crippen LogP contribution in [0.25, 0.3) is 11.0 Å². The first-order valence-electron chi connectivity index (χ1n) is 10.0. The van der Waals surface area contributed by atoms with Gasteiger partial charge in [-0.2, -0.15) is 0 Å². The summed E-state index contributed by atoms with van der Waals surface area (Å²) in [5.74, 6) is 0.294. The third-order valence-electron chi connectivity index (χ3n) is 5.02. The molecule has 7 heteroatoms. The van der Waals surface area contributed by atoms with E-state index in [1.54, 1.807) is 36.3 Å². The molecule has 0 spiro atoms. The van der Waals surface area contributed by atoms with Gasteiger partial charge in [-0.1, -0.05) is 48.5 Å². The Balaban J connectivity index is 1.52. The van der Waals surface area contributed by atoms with Gasteiger partial charge in [-0.15, -0.1) is 0 Å². The van der Waals surface area contributed by atoms with E-state index in [1.165, 1.54) is 0 Å². The Labute approximate surface area is 180 Å². The van der Waals surface area contributed by atoms with Gasteiger partial charge in [0.15, 0.2) is 0 Å². The summed E-state index contributed by atoms with van der Waals surface area (Å²) in [7, 11) is 1.79. The van der Waals surface area contributed by atoms with Crippen molar-refractivity contribution in [1.82, 2.24) is 24.8 Å². The normalized spacial score (nSPS) is 10.7. The van der Waals surface area contributed by atoms with E-state index in [1.807, 2.05) is 59.2 Å². The molecule has 0 aliphatic carbocycles. The first kappa shape index (κ1) is 20.3. The fourth-order valence-electron chi connectivity index (χ4n) is 3.39. The quantitative estimate of drug-likeness (QED) is 0.505. The topological polar surface area (TPSA) is 80.1 Å². The number of imidazole rings is 1. The Morgan fingerprint density at radius 2 is 1.71 bits per heavy atom. The minimum Gasteiger partial charge on any atom is -0.343 e. The molecule has 2 aromatic carbocycles. The van der Waals surface area contributed by atoms with Crippen LogP contribution in [0, 0.1) is 0 Å². The summed E-state index contributed by atoms with van der Waals surface area (Å²) in [5, 5.41) is 2.85. The smallest absolute Gasteiger partial charge is 0.270 e. The molecule has 4 aromatic rings. The predicted molar refractivity (Wildman–Crippen MR) is 118 cm³/mol. The molecule has 2 aromatic heterocycles. The highest BCUT2D eigenvalue weighted by atomic mass is 16.2. The SMILES string of the molecule is CN(Cc1ccccc1)C(=O)Cn1c(CNC(=O)c2ccccn2)nc2ccccc21. The average molecular weight is 413 g/mol. The number of carbonyl (C=O) groups is 2. The minimum absolute atomic E-state index is 0.0377. The molecule has 0 fully saturated rings. The number of para-hydroxylation sites is 2. The van der Waals surface area contributed by atoms with Gasteiger partial charge < -0.3 is 14.8 Å². The molecule has 4 rings (SSSR count). The number of aromatic nitrogens is 3. The summed E-state index contributed by atoms with van der Waals surface area (Å²) in [4.78, 5) is 35.7. The second-order valence-electron chi connectivity index (χ2n) is 7.24. The van der Waals surface area contributed by atoms with Crippen molar-refractivity contribution >= 4 is 22.8 Å². The van der Waals surface area contributed by atoms with Crippen LogP contribution in [-0.4, -0.2) is 38.3 Å². The fraction of sp³-hybridized carbons (Fsp3) is 0.167. The van der Waals surface area contributed by atoms with Gasteiger partial charge >= 0.3 is 0 Å². The second-order valence-corrected chi connectivity index (χ2v) is 7.24. The van der Waals surface area contributed by atoms with Crippen molar-refractivity contribution in [2.24, 2.45) is 0 Å². The van der Waals surface area contributed by atoms with Crippen LogP contribution in [0.4, 0.5) is 0 Å². The van der Waals surface area contributed by atoms with E-state index in [0.717, 1.165) is 16.6 Å². The molecule has 7 nitrogen and oxygen atoms in total. The first-order valence-corrected chi connectivity index (χ1v) is 10.0. The number of likely N-dealkylation sites (N-methyl/N-ethyl adjacent to an activating group) is 1. The van der Waals surface area contributed by atoms with Crippen LogP contribution in [0.1, 0.15) is 21.9 Å². The zero-order valence-electron chi connectivity index (χ0n) is 17.2. The zero-order chi connectivity index (χ0) is 21.6. The Morgan fingerprint density at radius 1 is 0.968 bits per heavy atom. The standard InChI is InChI=1S/C24H23N5O2/c1-28(16-18-9-3-2-4-10-18)23(30)17-29-21-13-6-5-11-19(21)27-22(29)15-26-24(31)20-12-7-8-14-25-20/h2-14H,15-17H2,1H3,(H,26,31). The molecule has 1 N–H and O–H groups in total.